The minimum absolute atomic E-state index is 0.0407. The fraction of sp³-hybridized carbons (Fsp3) is 0.148. The number of ether oxygens (including phenoxy) is 1. The van der Waals surface area contributed by atoms with Gasteiger partial charge >= 0.3 is 5.97 Å². The minimum Gasteiger partial charge on any atom is -0.460 e. The maximum atomic E-state index is 13.3. The van der Waals surface area contributed by atoms with Gasteiger partial charge in [0.05, 0.1) is 17.9 Å². The van der Waals surface area contributed by atoms with Crippen LogP contribution in [0.25, 0.3) is 17.1 Å². The first-order chi connectivity index (χ1) is 17.5. The van der Waals surface area contributed by atoms with Crippen molar-refractivity contribution in [1.82, 2.24) is 20.1 Å². The van der Waals surface area contributed by atoms with Gasteiger partial charge in [0, 0.05) is 24.4 Å². The van der Waals surface area contributed by atoms with Gasteiger partial charge in [-0.3, -0.25) is 9.59 Å². The van der Waals surface area contributed by atoms with Gasteiger partial charge in [-0.15, -0.1) is 0 Å². The van der Waals surface area contributed by atoms with Gasteiger partial charge in [-0.25, -0.2) is 18.9 Å². The lowest BCUT2D eigenvalue weighted by Gasteiger charge is -2.18. The lowest BCUT2D eigenvalue weighted by atomic mass is 10.0. The Morgan fingerprint density at radius 1 is 1.00 bits per heavy atom. The summed E-state index contributed by atoms with van der Waals surface area (Å²) in [5.74, 6) is -2.59. The number of hydrogen-bond acceptors (Lipinski definition) is 6. The third-order valence-electron chi connectivity index (χ3n) is 5.36. The highest BCUT2D eigenvalue weighted by atomic mass is 19.1. The number of hydrogen-bond donors (Lipinski definition) is 1. The van der Waals surface area contributed by atoms with Gasteiger partial charge in [0.2, 0.25) is 0 Å². The van der Waals surface area contributed by atoms with Crippen molar-refractivity contribution in [1.29, 1.82) is 0 Å². The number of pyridine rings is 1. The number of carbonyl (C=O) groups is 3. The molecule has 2 aromatic heterocycles. The summed E-state index contributed by atoms with van der Waals surface area (Å²) in [5, 5.41) is 7.13. The molecule has 1 amide bonds. The van der Waals surface area contributed by atoms with E-state index < -0.39 is 23.7 Å². The lowest BCUT2D eigenvalue weighted by Crippen LogP contribution is -2.46. The fourth-order valence-corrected chi connectivity index (χ4v) is 3.61. The fourth-order valence-electron chi connectivity index (χ4n) is 3.61. The number of amides is 1. The molecule has 8 nitrogen and oxygen atoms in total. The molecule has 36 heavy (non-hydrogen) atoms. The summed E-state index contributed by atoms with van der Waals surface area (Å²) >= 11 is 0. The van der Waals surface area contributed by atoms with Crippen LogP contribution in [0.15, 0.2) is 85.2 Å². The quantitative estimate of drug-likeness (QED) is 0.287. The van der Waals surface area contributed by atoms with E-state index in [0.717, 1.165) is 5.56 Å². The Morgan fingerprint density at radius 3 is 2.47 bits per heavy atom. The predicted octanol–water partition coefficient (Wildman–Crippen LogP) is 3.55. The van der Waals surface area contributed by atoms with Crippen LogP contribution in [0.2, 0.25) is 0 Å². The summed E-state index contributed by atoms with van der Waals surface area (Å²) in [6, 6.07) is 18.6. The topological polar surface area (TPSA) is 103 Å². The van der Waals surface area contributed by atoms with Gasteiger partial charge < -0.3 is 10.1 Å². The number of nitrogens with one attached hydrogen (secondary N) is 1. The normalized spacial score (nSPS) is 11.5. The molecular formula is C27H23FN4O4. The summed E-state index contributed by atoms with van der Waals surface area (Å²) in [7, 11) is 0. The summed E-state index contributed by atoms with van der Waals surface area (Å²) in [4.78, 5) is 42.6. The average molecular weight is 487 g/mol. The molecule has 0 saturated carbocycles. The monoisotopic (exact) mass is 486 g/mol. The van der Waals surface area contributed by atoms with Crippen molar-refractivity contribution >= 4 is 17.7 Å². The maximum Gasteiger partial charge on any atom is 0.376 e. The number of aromatic nitrogens is 3. The number of esters is 1. The van der Waals surface area contributed by atoms with Crippen LogP contribution in [0.4, 0.5) is 4.39 Å². The Labute approximate surface area is 206 Å². The Balaban J connectivity index is 1.61. The van der Waals surface area contributed by atoms with E-state index in [2.05, 4.69) is 15.4 Å². The standard InChI is InChI=1S/C27H23FN4O4/c1-2-36-27(35)24(33)23(17-18-7-4-3-5-8-18)30-26(34)21-9-6-15-29-25(21)32-16-14-22(31-32)19-10-12-20(28)13-11-19/h3-16,23H,2,17H2,1H3,(H,30,34). The molecule has 9 heteroatoms. The second-order valence-electron chi connectivity index (χ2n) is 7.83. The molecule has 0 fully saturated rings. The molecule has 1 unspecified atom stereocenters. The Hall–Kier alpha value is -4.66. The zero-order chi connectivity index (χ0) is 25.5. The van der Waals surface area contributed by atoms with Gasteiger partial charge in [0.1, 0.15) is 11.9 Å². The lowest BCUT2D eigenvalue weighted by molar-refractivity contribution is -0.154. The highest BCUT2D eigenvalue weighted by Crippen LogP contribution is 2.20. The number of Topliss-reactive ketones (excluding diaryl/α,β-unsaturated/α-hetero) is 1. The van der Waals surface area contributed by atoms with Crippen molar-refractivity contribution in [3.05, 3.63) is 102 Å². The summed E-state index contributed by atoms with van der Waals surface area (Å²) < 4.78 is 19.6. The number of benzene rings is 2. The zero-order valence-corrected chi connectivity index (χ0v) is 19.4. The second-order valence-corrected chi connectivity index (χ2v) is 7.83. The van der Waals surface area contributed by atoms with Gasteiger partial charge in [0.25, 0.3) is 11.7 Å². The van der Waals surface area contributed by atoms with E-state index in [4.69, 9.17) is 4.74 Å². The molecule has 0 saturated heterocycles. The third kappa shape index (κ3) is 5.69. The molecule has 2 aromatic carbocycles. The van der Waals surface area contributed by atoms with E-state index in [0.29, 0.717) is 11.3 Å². The van der Waals surface area contributed by atoms with E-state index in [-0.39, 0.29) is 30.2 Å². The van der Waals surface area contributed by atoms with Gasteiger partial charge in [-0.1, -0.05) is 30.3 Å². The first-order valence-electron chi connectivity index (χ1n) is 11.3. The van der Waals surface area contributed by atoms with Crippen molar-refractivity contribution < 1.29 is 23.5 Å². The summed E-state index contributed by atoms with van der Waals surface area (Å²) in [5.41, 5.74) is 2.18. The summed E-state index contributed by atoms with van der Waals surface area (Å²) in [6.45, 7) is 1.64. The zero-order valence-electron chi connectivity index (χ0n) is 19.4. The van der Waals surface area contributed by atoms with Crippen LogP contribution < -0.4 is 5.32 Å². The van der Waals surface area contributed by atoms with Crippen molar-refractivity contribution in [2.24, 2.45) is 0 Å². The Bertz CT molecular complexity index is 1370. The third-order valence-corrected chi connectivity index (χ3v) is 5.36. The largest absolute Gasteiger partial charge is 0.460 e. The van der Waals surface area contributed by atoms with E-state index in [1.807, 2.05) is 6.07 Å². The number of ketones is 1. The van der Waals surface area contributed by atoms with Crippen molar-refractivity contribution in [2.75, 3.05) is 6.61 Å². The van der Waals surface area contributed by atoms with E-state index >= 15 is 0 Å². The number of halogens is 1. The predicted molar refractivity (Wildman–Crippen MR) is 130 cm³/mol. The Morgan fingerprint density at radius 2 is 1.75 bits per heavy atom. The van der Waals surface area contributed by atoms with Crippen LogP contribution in [0.3, 0.4) is 0 Å². The maximum absolute atomic E-state index is 13.3. The van der Waals surface area contributed by atoms with Crippen LogP contribution in [-0.2, 0) is 20.7 Å². The summed E-state index contributed by atoms with van der Waals surface area (Å²) in [6.07, 6.45) is 3.25. The van der Waals surface area contributed by atoms with Crippen LogP contribution >= 0.6 is 0 Å². The molecule has 1 N–H and O–H groups in total. The number of carbonyl (C=O) groups excluding carboxylic acids is 3. The number of nitrogens with zero attached hydrogens (tertiary/aromatic N) is 3. The SMILES string of the molecule is CCOC(=O)C(=O)C(Cc1ccccc1)NC(=O)c1cccnc1-n1ccc(-c2ccc(F)cc2)n1. The van der Waals surface area contributed by atoms with Crippen LogP contribution in [-0.4, -0.2) is 45.1 Å². The molecule has 0 aliphatic carbocycles. The van der Waals surface area contributed by atoms with Crippen LogP contribution in [0.1, 0.15) is 22.8 Å². The molecule has 1 atom stereocenters. The molecule has 0 bridgehead atoms. The first-order valence-corrected chi connectivity index (χ1v) is 11.3. The minimum atomic E-state index is -1.14. The molecule has 4 rings (SSSR count). The molecular weight excluding hydrogens is 463 g/mol. The first kappa shape index (κ1) is 24.5. The Kier molecular flexibility index (Phi) is 7.60. The van der Waals surface area contributed by atoms with E-state index in [9.17, 15) is 18.8 Å². The molecule has 2 heterocycles. The molecule has 0 aliphatic heterocycles. The van der Waals surface area contributed by atoms with Gasteiger partial charge in [-0.05, 0) is 55.0 Å². The highest BCUT2D eigenvalue weighted by molar-refractivity contribution is 6.36. The van der Waals surface area contributed by atoms with Crippen molar-refractivity contribution in [2.45, 2.75) is 19.4 Å². The second kappa shape index (κ2) is 11.2. The van der Waals surface area contributed by atoms with Crippen molar-refractivity contribution in [3.63, 3.8) is 0 Å². The molecule has 0 spiro atoms. The van der Waals surface area contributed by atoms with Crippen LogP contribution in [0.5, 0.6) is 0 Å². The van der Waals surface area contributed by atoms with Crippen LogP contribution in [0, 0.1) is 5.82 Å². The number of rotatable bonds is 9. The van der Waals surface area contributed by atoms with Gasteiger partial charge in [0.15, 0.2) is 5.82 Å². The highest BCUT2D eigenvalue weighted by Gasteiger charge is 2.29. The molecule has 0 radical (unpaired) electrons. The van der Waals surface area contributed by atoms with E-state index in [1.54, 1.807) is 67.7 Å². The molecule has 0 aliphatic rings. The molecule has 182 valence electrons. The average Bonchev–Trinajstić information content (AvgIpc) is 3.39. The van der Waals surface area contributed by atoms with Gasteiger partial charge in [-0.2, -0.15) is 5.10 Å². The van der Waals surface area contributed by atoms with E-state index in [1.165, 1.54) is 23.0 Å². The van der Waals surface area contributed by atoms with Crippen molar-refractivity contribution in [3.8, 4) is 17.1 Å². The molecule has 4 aromatic rings. The smallest absolute Gasteiger partial charge is 0.376 e.